The summed E-state index contributed by atoms with van der Waals surface area (Å²) in [6, 6.07) is 13.7. The molecule has 6 nitrogen and oxygen atoms in total. The van der Waals surface area contributed by atoms with Gasteiger partial charge in [0.2, 0.25) is 0 Å². The summed E-state index contributed by atoms with van der Waals surface area (Å²) in [5.74, 6) is 0.774. The molecule has 4 rings (SSSR count). The molecule has 0 aliphatic carbocycles. The Labute approximate surface area is 177 Å². The van der Waals surface area contributed by atoms with E-state index in [2.05, 4.69) is 15.2 Å². The minimum Gasteiger partial charge on any atom is -0.491 e. The topological polar surface area (TPSA) is 66.6 Å². The second-order valence-corrected chi connectivity index (χ2v) is 7.92. The Kier molecular flexibility index (Phi) is 6.35. The van der Waals surface area contributed by atoms with E-state index >= 15 is 0 Å². The maximum atomic E-state index is 13.0. The zero-order valence-corrected chi connectivity index (χ0v) is 17.6. The lowest BCUT2D eigenvalue weighted by atomic mass is 10.0. The molecule has 0 saturated carbocycles. The van der Waals surface area contributed by atoms with Gasteiger partial charge in [0.05, 0.1) is 19.3 Å². The van der Waals surface area contributed by atoms with Crippen LogP contribution in [-0.2, 0) is 17.8 Å². The molecule has 0 radical (unpaired) electrons. The van der Waals surface area contributed by atoms with Crippen LogP contribution < -0.4 is 10.1 Å². The van der Waals surface area contributed by atoms with Crippen molar-refractivity contribution >= 4 is 16.8 Å². The highest BCUT2D eigenvalue weighted by atomic mass is 16.5. The summed E-state index contributed by atoms with van der Waals surface area (Å²) in [5.41, 5.74) is 3.87. The van der Waals surface area contributed by atoms with Crippen molar-refractivity contribution in [3.05, 3.63) is 65.4 Å². The van der Waals surface area contributed by atoms with Crippen LogP contribution >= 0.6 is 0 Å². The zero-order chi connectivity index (χ0) is 20.9. The molecule has 1 aliphatic heterocycles. The van der Waals surface area contributed by atoms with Crippen LogP contribution in [-0.4, -0.2) is 48.2 Å². The highest BCUT2D eigenvalue weighted by molar-refractivity contribution is 6.07. The van der Waals surface area contributed by atoms with Crippen molar-refractivity contribution in [2.75, 3.05) is 26.3 Å². The van der Waals surface area contributed by atoms with Gasteiger partial charge in [-0.05, 0) is 49.2 Å². The van der Waals surface area contributed by atoms with Crippen LogP contribution in [0.3, 0.4) is 0 Å². The number of morpholine rings is 1. The normalized spacial score (nSPS) is 14.9. The first-order valence-corrected chi connectivity index (χ1v) is 10.5. The largest absolute Gasteiger partial charge is 0.491 e. The highest BCUT2D eigenvalue weighted by Crippen LogP contribution is 2.24. The fourth-order valence-electron chi connectivity index (χ4n) is 3.81. The maximum absolute atomic E-state index is 13.0. The third kappa shape index (κ3) is 4.83. The number of hydrogen-bond acceptors (Lipinski definition) is 4. The number of nitrogens with zero attached hydrogens (tertiary/aromatic N) is 1. The number of nitrogens with one attached hydrogen (secondary N) is 2. The minimum atomic E-state index is -0.0639. The van der Waals surface area contributed by atoms with Crippen molar-refractivity contribution in [1.82, 2.24) is 15.2 Å². The van der Waals surface area contributed by atoms with Crippen LogP contribution in [0.2, 0.25) is 0 Å². The molecular formula is C24H29N3O3. The first-order valence-electron chi connectivity index (χ1n) is 10.5. The number of fused-ring (bicyclic) bond motifs is 1. The fourth-order valence-corrected chi connectivity index (χ4v) is 3.81. The van der Waals surface area contributed by atoms with Crippen LogP contribution in [0.5, 0.6) is 5.75 Å². The lowest BCUT2D eigenvalue weighted by Crippen LogP contribution is -2.35. The number of hydrogen-bond donors (Lipinski definition) is 2. The quantitative estimate of drug-likeness (QED) is 0.627. The molecule has 2 heterocycles. The van der Waals surface area contributed by atoms with Crippen LogP contribution in [0.25, 0.3) is 10.9 Å². The van der Waals surface area contributed by atoms with Crippen LogP contribution in [0.15, 0.2) is 48.7 Å². The number of amides is 1. The monoisotopic (exact) mass is 407 g/mol. The van der Waals surface area contributed by atoms with Crippen LogP contribution in [0.1, 0.15) is 35.3 Å². The maximum Gasteiger partial charge on any atom is 0.252 e. The first kappa shape index (κ1) is 20.4. The predicted molar refractivity (Wildman–Crippen MR) is 118 cm³/mol. The van der Waals surface area contributed by atoms with Gasteiger partial charge in [-0.2, -0.15) is 0 Å². The average Bonchev–Trinajstić information content (AvgIpc) is 3.16. The molecule has 3 aromatic rings. The summed E-state index contributed by atoms with van der Waals surface area (Å²) in [4.78, 5) is 18.7. The molecule has 1 saturated heterocycles. The second-order valence-electron chi connectivity index (χ2n) is 7.92. The molecule has 30 heavy (non-hydrogen) atoms. The second kappa shape index (κ2) is 9.32. The summed E-state index contributed by atoms with van der Waals surface area (Å²) in [7, 11) is 0. The molecule has 1 fully saturated rings. The molecule has 158 valence electrons. The number of carbonyl (C=O) groups is 1. The standard InChI is InChI=1S/C24H29N3O3/c1-17(2)30-20-8-6-18(7-9-20)14-26-24(28)21-4-3-5-22-23(21)19(15-25-22)16-27-10-12-29-13-11-27/h3-9,15,17,25H,10-14,16H2,1-2H3,(H,26,28). The van der Waals surface area contributed by atoms with Crippen molar-refractivity contribution in [2.45, 2.75) is 33.0 Å². The van der Waals surface area contributed by atoms with Crippen molar-refractivity contribution < 1.29 is 14.3 Å². The third-order valence-corrected chi connectivity index (χ3v) is 5.28. The Morgan fingerprint density at radius 1 is 1.17 bits per heavy atom. The zero-order valence-electron chi connectivity index (χ0n) is 17.6. The van der Waals surface area contributed by atoms with Gasteiger partial charge in [0.1, 0.15) is 5.75 Å². The smallest absolute Gasteiger partial charge is 0.252 e. The van der Waals surface area contributed by atoms with E-state index in [1.54, 1.807) is 0 Å². The molecular weight excluding hydrogens is 378 g/mol. The molecule has 0 spiro atoms. The molecule has 1 aromatic heterocycles. The lowest BCUT2D eigenvalue weighted by molar-refractivity contribution is 0.0343. The Hall–Kier alpha value is -2.83. The average molecular weight is 408 g/mol. The van der Waals surface area contributed by atoms with E-state index in [0.29, 0.717) is 12.1 Å². The van der Waals surface area contributed by atoms with E-state index in [9.17, 15) is 4.79 Å². The number of aromatic amines is 1. The number of H-pyrrole nitrogens is 1. The number of benzene rings is 2. The molecule has 1 amide bonds. The fraction of sp³-hybridized carbons (Fsp3) is 0.375. The first-order chi connectivity index (χ1) is 14.6. The molecule has 2 aromatic carbocycles. The van der Waals surface area contributed by atoms with Crippen molar-refractivity contribution in [3.8, 4) is 5.75 Å². The number of ether oxygens (including phenoxy) is 2. The molecule has 0 bridgehead atoms. The highest BCUT2D eigenvalue weighted by Gasteiger charge is 2.17. The molecule has 2 N–H and O–H groups in total. The SMILES string of the molecule is CC(C)Oc1ccc(CNC(=O)c2cccc3[nH]cc(CN4CCOCC4)c23)cc1. The van der Waals surface area contributed by atoms with E-state index in [4.69, 9.17) is 9.47 Å². The molecule has 1 aliphatic rings. The van der Waals surface area contributed by atoms with Gasteiger partial charge in [-0.3, -0.25) is 9.69 Å². The Morgan fingerprint density at radius 3 is 2.67 bits per heavy atom. The molecule has 0 unspecified atom stereocenters. The lowest BCUT2D eigenvalue weighted by Gasteiger charge is -2.26. The third-order valence-electron chi connectivity index (χ3n) is 5.28. The van der Waals surface area contributed by atoms with Gasteiger partial charge in [0.25, 0.3) is 5.91 Å². The summed E-state index contributed by atoms with van der Waals surface area (Å²) in [6.45, 7) is 8.64. The number of rotatable bonds is 7. The molecule has 6 heteroatoms. The molecule has 0 atom stereocenters. The predicted octanol–water partition coefficient (Wildman–Crippen LogP) is 3.72. The summed E-state index contributed by atoms with van der Waals surface area (Å²) in [6.07, 6.45) is 2.16. The summed E-state index contributed by atoms with van der Waals surface area (Å²) >= 11 is 0. The van der Waals surface area contributed by atoms with E-state index in [1.807, 2.05) is 62.5 Å². The number of aromatic nitrogens is 1. The van der Waals surface area contributed by atoms with Crippen molar-refractivity contribution in [3.63, 3.8) is 0 Å². The van der Waals surface area contributed by atoms with Gasteiger partial charge >= 0.3 is 0 Å². The number of carbonyl (C=O) groups excluding carboxylic acids is 1. The minimum absolute atomic E-state index is 0.0639. The van der Waals surface area contributed by atoms with Gasteiger partial charge in [-0.15, -0.1) is 0 Å². The van der Waals surface area contributed by atoms with Crippen molar-refractivity contribution in [1.29, 1.82) is 0 Å². The van der Waals surface area contributed by atoms with Gasteiger partial charge in [0, 0.05) is 48.8 Å². The van der Waals surface area contributed by atoms with Crippen LogP contribution in [0, 0.1) is 0 Å². The summed E-state index contributed by atoms with van der Waals surface area (Å²) < 4.78 is 11.1. The summed E-state index contributed by atoms with van der Waals surface area (Å²) in [5, 5.41) is 4.06. The van der Waals surface area contributed by atoms with E-state index in [0.717, 1.165) is 60.6 Å². The van der Waals surface area contributed by atoms with E-state index < -0.39 is 0 Å². The van der Waals surface area contributed by atoms with E-state index in [-0.39, 0.29) is 12.0 Å². The Balaban J connectivity index is 1.46. The van der Waals surface area contributed by atoms with Gasteiger partial charge in [-0.1, -0.05) is 18.2 Å². The van der Waals surface area contributed by atoms with Gasteiger partial charge < -0.3 is 19.8 Å². The van der Waals surface area contributed by atoms with Gasteiger partial charge in [-0.25, -0.2) is 0 Å². The van der Waals surface area contributed by atoms with Crippen molar-refractivity contribution in [2.24, 2.45) is 0 Å². The van der Waals surface area contributed by atoms with Gasteiger partial charge in [0.15, 0.2) is 0 Å². The Morgan fingerprint density at radius 2 is 1.93 bits per heavy atom. The van der Waals surface area contributed by atoms with Crippen LogP contribution in [0.4, 0.5) is 0 Å². The van der Waals surface area contributed by atoms with E-state index in [1.165, 1.54) is 0 Å². The Bertz CT molecular complexity index is 989.